The van der Waals surface area contributed by atoms with Gasteiger partial charge in [-0.05, 0) is 62.8 Å². The Morgan fingerprint density at radius 2 is 2.00 bits per heavy atom. The zero-order valence-electron chi connectivity index (χ0n) is 22.1. The molecule has 10 heteroatoms. The van der Waals surface area contributed by atoms with E-state index in [1.54, 1.807) is 36.3 Å². The van der Waals surface area contributed by atoms with Crippen LogP contribution in [-0.2, 0) is 4.74 Å². The van der Waals surface area contributed by atoms with E-state index in [2.05, 4.69) is 25.6 Å². The van der Waals surface area contributed by atoms with Crippen molar-refractivity contribution >= 4 is 11.6 Å². The monoisotopic (exact) mass is 536 g/mol. The van der Waals surface area contributed by atoms with Gasteiger partial charge in [-0.15, -0.1) is 0 Å². The maximum absolute atomic E-state index is 15.1. The number of hydrogen-bond acceptors (Lipinski definition) is 6. The highest BCUT2D eigenvalue weighted by Crippen LogP contribution is 2.27. The van der Waals surface area contributed by atoms with Crippen molar-refractivity contribution in [3.8, 4) is 16.8 Å². The highest BCUT2D eigenvalue weighted by Gasteiger charge is 2.31. The molecule has 3 aromatic rings. The van der Waals surface area contributed by atoms with E-state index >= 15 is 4.39 Å². The first-order valence-corrected chi connectivity index (χ1v) is 13.8. The van der Waals surface area contributed by atoms with Gasteiger partial charge in [-0.25, -0.2) is 13.5 Å². The quantitative estimate of drug-likeness (QED) is 0.447. The zero-order valence-corrected chi connectivity index (χ0v) is 22.1. The third-order valence-electron chi connectivity index (χ3n) is 7.81. The molecule has 3 unspecified atom stereocenters. The van der Waals surface area contributed by atoms with Gasteiger partial charge in [0.15, 0.2) is 0 Å². The molecule has 2 aliphatic heterocycles. The summed E-state index contributed by atoms with van der Waals surface area (Å²) < 4.78 is 37.0. The number of pyridine rings is 1. The maximum Gasteiger partial charge on any atom is 0.254 e. The Bertz CT molecular complexity index is 1340. The molecule has 3 fully saturated rings. The standard InChI is InChI=1S/C29H34F2N6O2/c1-18-9-25(30)24(29(38)35-21-4-5-21)11-28(18)37-15-20(13-33-37)19-10-22(14-32-12-19)34-27-6-7-36(17-26(27)31)16-23-3-2-8-39-23/h9-15,21,23,26-27,34H,2-8,16-17H2,1H3,(H,35,38). The molecule has 6 rings (SSSR count). The molecule has 0 spiro atoms. The molecular formula is C29H34F2N6O2. The minimum absolute atomic E-state index is 0.00927. The minimum atomic E-state index is -0.987. The van der Waals surface area contributed by atoms with Crippen LogP contribution in [0.25, 0.3) is 16.8 Å². The number of aryl methyl sites for hydroxylation is 1. The average Bonchev–Trinajstić information content (AvgIpc) is 3.35. The molecule has 2 aromatic heterocycles. The van der Waals surface area contributed by atoms with Crippen molar-refractivity contribution in [3.05, 3.63) is 59.9 Å². The topological polar surface area (TPSA) is 84.3 Å². The Hall–Kier alpha value is -3.37. The summed E-state index contributed by atoms with van der Waals surface area (Å²) in [4.78, 5) is 19.1. The van der Waals surface area contributed by atoms with Crippen molar-refractivity contribution in [2.75, 3.05) is 31.6 Å². The van der Waals surface area contributed by atoms with Crippen LogP contribution in [0.3, 0.4) is 0 Å². The molecule has 3 aliphatic rings. The van der Waals surface area contributed by atoms with E-state index < -0.39 is 17.9 Å². The molecule has 1 aromatic carbocycles. The number of rotatable bonds is 8. The number of nitrogens with zero attached hydrogens (tertiary/aromatic N) is 4. The second-order valence-electron chi connectivity index (χ2n) is 11.0. The van der Waals surface area contributed by atoms with Gasteiger partial charge in [0.25, 0.3) is 5.91 Å². The Labute approximate surface area is 226 Å². The molecule has 1 aliphatic carbocycles. The first-order chi connectivity index (χ1) is 18.9. The van der Waals surface area contributed by atoms with Crippen LogP contribution in [0.2, 0.25) is 0 Å². The summed E-state index contributed by atoms with van der Waals surface area (Å²) in [6.45, 7) is 4.62. The summed E-state index contributed by atoms with van der Waals surface area (Å²) in [6.07, 6.45) is 10.9. The third-order valence-corrected chi connectivity index (χ3v) is 7.81. The lowest BCUT2D eigenvalue weighted by Crippen LogP contribution is -2.49. The molecule has 39 heavy (non-hydrogen) atoms. The molecule has 0 radical (unpaired) electrons. The molecule has 2 N–H and O–H groups in total. The smallest absolute Gasteiger partial charge is 0.254 e. The number of aromatic nitrogens is 3. The number of halogens is 2. The van der Waals surface area contributed by atoms with Gasteiger partial charge in [0.2, 0.25) is 0 Å². The molecule has 1 amide bonds. The molecule has 3 atom stereocenters. The van der Waals surface area contributed by atoms with Crippen LogP contribution in [0.1, 0.15) is 48.0 Å². The maximum atomic E-state index is 15.1. The van der Waals surface area contributed by atoms with Crippen LogP contribution < -0.4 is 10.6 Å². The van der Waals surface area contributed by atoms with E-state index in [0.717, 1.165) is 62.2 Å². The first-order valence-electron chi connectivity index (χ1n) is 13.8. The van der Waals surface area contributed by atoms with Gasteiger partial charge < -0.3 is 15.4 Å². The normalized spacial score (nSPS) is 23.6. The van der Waals surface area contributed by atoms with E-state index in [-0.39, 0.29) is 23.8 Å². The Morgan fingerprint density at radius 3 is 2.77 bits per heavy atom. The van der Waals surface area contributed by atoms with Crippen LogP contribution in [0.4, 0.5) is 14.5 Å². The van der Waals surface area contributed by atoms with Gasteiger partial charge in [-0.1, -0.05) is 0 Å². The molecule has 0 bridgehead atoms. The number of ether oxygens (including phenoxy) is 1. The summed E-state index contributed by atoms with van der Waals surface area (Å²) in [7, 11) is 0. The lowest BCUT2D eigenvalue weighted by Gasteiger charge is -2.36. The lowest BCUT2D eigenvalue weighted by molar-refractivity contribution is 0.0471. The van der Waals surface area contributed by atoms with E-state index in [1.165, 1.54) is 6.07 Å². The van der Waals surface area contributed by atoms with E-state index in [1.807, 2.05) is 12.3 Å². The fraction of sp³-hybridized carbons (Fsp3) is 0.483. The largest absolute Gasteiger partial charge is 0.378 e. The van der Waals surface area contributed by atoms with Gasteiger partial charge in [0, 0.05) is 62.0 Å². The van der Waals surface area contributed by atoms with E-state index in [4.69, 9.17) is 4.74 Å². The molecule has 1 saturated carbocycles. The number of alkyl halides is 1. The zero-order chi connectivity index (χ0) is 26.9. The van der Waals surface area contributed by atoms with Crippen LogP contribution >= 0.6 is 0 Å². The van der Waals surface area contributed by atoms with Crippen molar-refractivity contribution < 1.29 is 18.3 Å². The number of carbonyl (C=O) groups is 1. The summed E-state index contributed by atoms with van der Waals surface area (Å²) >= 11 is 0. The number of amides is 1. The number of likely N-dealkylation sites (tertiary alicyclic amines) is 1. The van der Waals surface area contributed by atoms with E-state index in [0.29, 0.717) is 24.2 Å². The van der Waals surface area contributed by atoms with Crippen molar-refractivity contribution in [3.63, 3.8) is 0 Å². The van der Waals surface area contributed by atoms with Gasteiger partial charge in [0.05, 0.1) is 35.3 Å². The van der Waals surface area contributed by atoms with Gasteiger partial charge >= 0.3 is 0 Å². The SMILES string of the molecule is Cc1cc(F)c(C(=O)NC2CC2)cc1-n1cc(-c2cncc(NC3CCN(CC4CCCO4)CC3F)c2)cn1. The number of anilines is 1. The van der Waals surface area contributed by atoms with Gasteiger partial charge in [-0.2, -0.15) is 5.10 Å². The molecular weight excluding hydrogens is 502 g/mol. The van der Waals surface area contributed by atoms with Gasteiger partial charge in [-0.3, -0.25) is 14.7 Å². The van der Waals surface area contributed by atoms with Crippen LogP contribution in [0, 0.1) is 12.7 Å². The minimum Gasteiger partial charge on any atom is -0.378 e. The number of nitrogens with one attached hydrogen (secondary N) is 2. The Kier molecular flexibility index (Phi) is 7.31. The Morgan fingerprint density at radius 1 is 1.13 bits per heavy atom. The summed E-state index contributed by atoms with van der Waals surface area (Å²) in [5.41, 5.74) is 3.68. The van der Waals surface area contributed by atoms with Crippen molar-refractivity contribution in [1.82, 2.24) is 25.0 Å². The lowest BCUT2D eigenvalue weighted by atomic mass is 10.0. The average molecular weight is 537 g/mol. The number of benzene rings is 1. The summed E-state index contributed by atoms with van der Waals surface area (Å²) in [6, 6.07) is 4.70. The second-order valence-corrected chi connectivity index (χ2v) is 11.0. The highest BCUT2D eigenvalue weighted by molar-refractivity contribution is 5.95. The van der Waals surface area contributed by atoms with Crippen LogP contribution in [0.5, 0.6) is 0 Å². The fourth-order valence-electron chi connectivity index (χ4n) is 5.44. The molecule has 4 heterocycles. The predicted octanol–water partition coefficient (Wildman–Crippen LogP) is 4.28. The first kappa shape index (κ1) is 25.9. The molecule has 2 saturated heterocycles. The van der Waals surface area contributed by atoms with Crippen molar-refractivity contribution in [1.29, 1.82) is 0 Å². The third kappa shape index (κ3) is 5.96. The second kappa shape index (κ2) is 11.0. The van der Waals surface area contributed by atoms with Crippen molar-refractivity contribution in [2.45, 2.75) is 63.4 Å². The highest BCUT2D eigenvalue weighted by atomic mass is 19.1. The summed E-state index contributed by atoms with van der Waals surface area (Å²) in [5.74, 6) is -0.955. The molecule has 206 valence electrons. The Balaban J connectivity index is 1.14. The van der Waals surface area contributed by atoms with Crippen LogP contribution in [-0.4, -0.2) is 76.2 Å². The van der Waals surface area contributed by atoms with Gasteiger partial charge in [0.1, 0.15) is 12.0 Å². The fourth-order valence-corrected chi connectivity index (χ4v) is 5.44. The van der Waals surface area contributed by atoms with E-state index in [9.17, 15) is 9.18 Å². The molecule has 8 nitrogen and oxygen atoms in total. The van der Waals surface area contributed by atoms with Crippen LogP contribution in [0.15, 0.2) is 43.0 Å². The number of carbonyl (C=O) groups excluding carboxylic acids is 1. The van der Waals surface area contributed by atoms with Crippen molar-refractivity contribution in [2.24, 2.45) is 0 Å². The predicted molar refractivity (Wildman–Crippen MR) is 144 cm³/mol. The number of hydrogen-bond donors (Lipinski definition) is 2. The number of piperidine rings is 1. The summed E-state index contributed by atoms with van der Waals surface area (Å²) in [5, 5.41) is 10.7.